The second-order valence-electron chi connectivity index (χ2n) is 5.43. The van der Waals surface area contributed by atoms with E-state index >= 15 is 0 Å². The summed E-state index contributed by atoms with van der Waals surface area (Å²) in [6, 6.07) is 8.08. The van der Waals surface area contributed by atoms with Crippen molar-refractivity contribution >= 4 is 47.6 Å². The van der Waals surface area contributed by atoms with E-state index in [4.69, 9.17) is 4.42 Å². The number of carbonyl (C=O) groups excluding carboxylic acids is 1. The molecule has 0 atom stereocenters. The van der Waals surface area contributed by atoms with E-state index in [1.54, 1.807) is 43.1 Å². The molecule has 2 rings (SSSR count). The van der Waals surface area contributed by atoms with Gasteiger partial charge in [0.15, 0.2) is 11.7 Å². The third kappa shape index (κ3) is 7.79. The Labute approximate surface area is 179 Å². The fourth-order valence-electron chi connectivity index (χ4n) is 2.31. The summed E-state index contributed by atoms with van der Waals surface area (Å²) in [4.78, 5) is 15.9. The maximum absolute atomic E-state index is 13.4. The highest BCUT2D eigenvalue weighted by atomic mass is 127. The summed E-state index contributed by atoms with van der Waals surface area (Å²) >= 11 is 1.65. The summed E-state index contributed by atoms with van der Waals surface area (Å²) in [6.07, 6.45) is 3.44. The molecule has 3 N–H and O–H groups in total. The molecule has 2 aromatic rings. The molecule has 148 valence electrons. The number of guanidine groups is 1. The van der Waals surface area contributed by atoms with Gasteiger partial charge in [0, 0.05) is 32.4 Å². The van der Waals surface area contributed by atoms with Crippen molar-refractivity contribution in [1.29, 1.82) is 0 Å². The van der Waals surface area contributed by atoms with Crippen LogP contribution in [0.3, 0.4) is 0 Å². The van der Waals surface area contributed by atoms with Gasteiger partial charge in [-0.2, -0.15) is 11.8 Å². The number of amides is 1. The van der Waals surface area contributed by atoms with Crippen molar-refractivity contribution in [1.82, 2.24) is 16.0 Å². The van der Waals surface area contributed by atoms with Crippen LogP contribution in [0.25, 0.3) is 0 Å². The maximum atomic E-state index is 13.4. The van der Waals surface area contributed by atoms with E-state index in [0.717, 1.165) is 16.9 Å². The van der Waals surface area contributed by atoms with Crippen LogP contribution < -0.4 is 16.0 Å². The Kier molecular flexibility index (Phi) is 10.9. The van der Waals surface area contributed by atoms with E-state index in [1.165, 1.54) is 12.3 Å². The summed E-state index contributed by atoms with van der Waals surface area (Å²) in [6.45, 7) is 1.47. The molecule has 0 aliphatic heterocycles. The Hall–Kier alpha value is -1.75. The summed E-state index contributed by atoms with van der Waals surface area (Å²) in [7, 11) is 1.67. The highest BCUT2D eigenvalue weighted by Gasteiger charge is 2.08. The van der Waals surface area contributed by atoms with E-state index < -0.39 is 0 Å². The van der Waals surface area contributed by atoms with Gasteiger partial charge in [-0.1, -0.05) is 6.07 Å². The molecule has 0 bridgehead atoms. The van der Waals surface area contributed by atoms with Crippen LogP contribution in [0.15, 0.2) is 46.0 Å². The zero-order valence-electron chi connectivity index (χ0n) is 15.3. The number of rotatable bonds is 8. The lowest BCUT2D eigenvalue weighted by Crippen LogP contribution is -2.41. The molecule has 1 heterocycles. The van der Waals surface area contributed by atoms with Crippen LogP contribution in [0, 0.1) is 5.82 Å². The first-order valence-corrected chi connectivity index (χ1v) is 9.56. The average Bonchev–Trinajstić information content (AvgIpc) is 3.17. The zero-order chi connectivity index (χ0) is 18.8. The number of benzene rings is 1. The van der Waals surface area contributed by atoms with Crippen LogP contribution in [0.5, 0.6) is 0 Å². The Bertz CT molecular complexity index is 741. The Balaban J connectivity index is 0.00000364. The number of hydrogen-bond donors (Lipinski definition) is 3. The van der Waals surface area contributed by atoms with E-state index in [0.29, 0.717) is 25.6 Å². The summed E-state index contributed by atoms with van der Waals surface area (Å²) in [5.41, 5.74) is 1.99. The lowest BCUT2D eigenvalue weighted by atomic mass is 10.1. The number of nitrogens with zero attached hydrogens (tertiary/aromatic N) is 1. The van der Waals surface area contributed by atoms with Crippen LogP contribution in [0.2, 0.25) is 0 Å². The van der Waals surface area contributed by atoms with Gasteiger partial charge in [-0.3, -0.25) is 9.79 Å². The normalized spacial score (nSPS) is 10.9. The minimum atomic E-state index is -0.257. The van der Waals surface area contributed by atoms with E-state index in [9.17, 15) is 9.18 Å². The number of aliphatic imine (C=N–C) groups is 1. The molecule has 1 amide bonds. The predicted molar refractivity (Wildman–Crippen MR) is 118 cm³/mol. The van der Waals surface area contributed by atoms with E-state index in [2.05, 4.69) is 20.9 Å². The molecule has 0 radical (unpaired) electrons. The number of furan rings is 1. The third-order valence-electron chi connectivity index (χ3n) is 3.59. The zero-order valence-corrected chi connectivity index (χ0v) is 18.4. The fraction of sp³-hybridized carbons (Fsp3) is 0.333. The number of thioether (sulfide) groups is 1. The Morgan fingerprint density at radius 3 is 2.63 bits per heavy atom. The number of hydrogen-bond acceptors (Lipinski definition) is 4. The largest absolute Gasteiger partial charge is 0.459 e. The van der Waals surface area contributed by atoms with Crippen molar-refractivity contribution in [2.45, 2.75) is 12.3 Å². The van der Waals surface area contributed by atoms with Crippen molar-refractivity contribution in [3.8, 4) is 0 Å². The summed E-state index contributed by atoms with van der Waals surface area (Å²) < 4.78 is 18.4. The van der Waals surface area contributed by atoms with Crippen LogP contribution >= 0.6 is 35.7 Å². The number of carbonyl (C=O) groups is 1. The topological polar surface area (TPSA) is 78.7 Å². The highest BCUT2D eigenvalue weighted by molar-refractivity contribution is 14.0. The van der Waals surface area contributed by atoms with Gasteiger partial charge in [-0.15, -0.1) is 24.0 Å². The standard InChI is InChI=1S/C18H23FN4O2S.HI/c1-20-18(22-8-7-21-17(24)16-4-3-9-25-16)23-11-13-5-6-15(19)10-14(13)12-26-2;/h3-6,9-10H,7-8,11-12H2,1-2H3,(H,21,24)(H2,20,22,23);1H. The molecular formula is C18H24FIN4O2S. The van der Waals surface area contributed by atoms with Crippen LogP contribution in [0.4, 0.5) is 4.39 Å². The van der Waals surface area contributed by atoms with Gasteiger partial charge < -0.3 is 20.4 Å². The first-order valence-electron chi connectivity index (χ1n) is 8.16. The second-order valence-corrected chi connectivity index (χ2v) is 6.30. The molecule has 0 spiro atoms. The van der Waals surface area contributed by atoms with E-state index in [-0.39, 0.29) is 41.5 Å². The van der Waals surface area contributed by atoms with Crippen LogP contribution in [-0.4, -0.2) is 38.3 Å². The van der Waals surface area contributed by atoms with Gasteiger partial charge >= 0.3 is 0 Å². The lowest BCUT2D eigenvalue weighted by molar-refractivity contribution is 0.0926. The Morgan fingerprint density at radius 2 is 1.96 bits per heavy atom. The maximum Gasteiger partial charge on any atom is 0.287 e. The molecule has 27 heavy (non-hydrogen) atoms. The van der Waals surface area contributed by atoms with Gasteiger partial charge in [-0.05, 0) is 41.6 Å². The van der Waals surface area contributed by atoms with Crippen molar-refractivity contribution in [2.24, 2.45) is 4.99 Å². The molecule has 9 heteroatoms. The third-order valence-corrected chi connectivity index (χ3v) is 4.19. The van der Waals surface area contributed by atoms with Crippen LogP contribution in [-0.2, 0) is 12.3 Å². The van der Waals surface area contributed by atoms with Gasteiger partial charge in [0.25, 0.3) is 5.91 Å². The highest BCUT2D eigenvalue weighted by Crippen LogP contribution is 2.16. The molecule has 1 aromatic heterocycles. The molecular weight excluding hydrogens is 482 g/mol. The quantitative estimate of drug-likeness (QED) is 0.222. The summed E-state index contributed by atoms with van der Waals surface area (Å²) in [5.74, 6) is 1.15. The predicted octanol–water partition coefficient (Wildman–Crippen LogP) is 2.99. The lowest BCUT2D eigenvalue weighted by Gasteiger charge is -2.14. The van der Waals surface area contributed by atoms with E-state index in [1.807, 2.05) is 6.26 Å². The first kappa shape index (κ1) is 23.3. The smallest absolute Gasteiger partial charge is 0.287 e. The van der Waals surface area contributed by atoms with Crippen molar-refractivity contribution in [2.75, 3.05) is 26.4 Å². The monoisotopic (exact) mass is 506 g/mol. The van der Waals surface area contributed by atoms with Crippen molar-refractivity contribution in [3.05, 3.63) is 59.3 Å². The molecule has 0 saturated heterocycles. The van der Waals surface area contributed by atoms with Crippen molar-refractivity contribution in [3.63, 3.8) is 0 Å². The SMILES string of the molecule is CN=C(NCCNC(=O)c1ccco1)NCc1ccc(F)cc1CSC.I. The average molecular weight is 506 g/mol. The Morgan fingerprint density at radius 1 is 1.19 bits per heavy atom. The molecule has 0 aliphatic rings. The van der Waals surface area contributed by atoms with Gasteiger partial charge in [0.2, 0.25) is 0 Å². The summed E-state index contributed by atoms with van der Waals surface area (Å²) in [5, 5.41) is 9.06. The van der Waals surface area contributed by atoms with Crippen molar-refractivity contribution < 1.29 is 13.6 Å². The first-order chi connectivity index (χ1) is 12.6. The molecule has 0 fully saturated rings. The molecule has 0 aliphatic carbocycles. The van der Waals surface area contributed by atoms with Crippen LogP contribution in [0.1, 0.15) is 21.7 Å². The van der Waals surface area contributed by atoms with Gasteiger partial charge in [0.05, 0.1) is 6.26 Å². The minimum Gasteiger partial charge on any atom is -0.459 e. The van der Waals surface area contributed by atoms with Gasteiger partial charge in [0.1, 0.15) is 5.82 Å². The molecule has 0 unspecified atom stereocenters. The number of nitrogens with one attached hydrogen (secondary N) is 3. The molecule has 0 saturated carbocycles. The number of halogens is 2. The molecule has 6 nitrogen and oxygen atoms in total. The fourth-order valence-corrected chi connectivity index (χ4v) is 2.89. The second kappa shape index (κ2) is 12.6. The molecule has 1 aromatic carbocycles. The minimum absolute atomic E-state index is 0. The van der Waals surface area contributed by atoms with Gasteiger partial charge in [-0.25, -0.2) is 4.39 Å².